The van der Waals surface area contributed by atoms with Crippen LogP contribution in [0.2, 0.25) is 0 Å². The Morgan fingerprint density at radius 1 is 1.19 bits per heavy atom. The fourth-order valence-electron chi connectivity index (χ4n) is 0.790. The molecule has 0 saturated carbocycles. The highest BCUT2D eigenvalue weighted by molar-refractivity contribution is 8.12. The van der Waals surface area contributed by atoms with Gasteiger partial charge in [-0.3, -0.25) is 9.13 Å². The molecule has 8 nitrogen and oxygen atoms in total. The van der Waals surface area contributed by atoms with Crippen LogP contribution in [-0.2, 0) is 9.13 Å². The first-order valence-corrected chi connectivity index (χ1v) is 7.98. The minimum absolute atomic E-state index is 0.0756. The zero-order chi connectivity index (χ0) is 12.4. The van der Waals surface area contributed by atoms with E-state index in [9.17, 15) is 9.13 Å². The number of aromatic nitrogens is 2. The second-order valence-electron chi connectivity index (χ2n) is 2.67. The van der Waals surface area contributed by atoms with Gasteiger partial charge >= 0.3 is 15.2 Å². The fraction of sp³-hybridized carbons (Fsp3) is 0.200. The predicted octanol–water partition coefficient (Wildman–Crippen LogP) is 0.208. The first-order valence-electron chi connectivity index (χ1n) is 3.74. The van der Waals surface area contributed by atoms with Gasteiger partial charge in [0, 0.05) is 6.20 Å². The average Bonchev–Trinajstić information content (AvgIpc) is 2.12. The summed E-state index contributed by atoms with van der Waals surface area (Å²) in [4.78, 5) is 42.5. The molecule has 0 aliphatic rings. The largest absolute Gasteiger partial charge is 0.351 e. The van der Waals surface area contributed by atoms with Gasteiger partial charge in [-0.2, -0.15) is 0 Å². The Morgan fingerprint density at radius 3 is 2.12 bits per heavy atom. The number of hydrogen-bond acceptors (Lipinski definition) is 5. The lowest BCUT2D eigenvalue weighted by Gasteiger charge is -2.18. The second-order valence-corrected chi connectivity index (χ2v) is 8.29. The lowest BCUT2D eigenvalue weighted by Crippen LogP contribution is -2.04. The summed E-state index contributed by atoms with van der Waals surface area (Å²) in [6.45, 7) is 0. The molecule has 1 heterocycles. The third kappa shape index (κ3) is 3.95. The van der Waals surface area contributed by atoms with Crippen molar-refractivity contribution in [3.8, 4) is 0 Å². The summed E-state index contributed by atoms with van der Waals surface area (Å²) >= 11 is 0.325. The van der Waals surface area contributed by atoms with Crippen molar-refractivity contribution in [1.29, 1.82) is 0 Å². The molecular formula is C5H8N2O6P2S. The highest BCUT2D eigenvalue weighted by Gasteiger charge is 2.44. The Labute approximate surface area is 94.5 Å². The van der Waals surface area contributed by atoms with E-state index in [-0.39, 0.29) is 5.03 Å². The Balaban J connectivity index is 2.99. The van der Waals surface area contributed by atoms with Crippen LogP contribution in [0.4, 0.5) is 0 Å². The Hall–Kier alpha value is -0.270. The number of thioether (sulfide) groups is 1. The molecule has 0 bridgehead atoms. The monoisotopic (exact) mass is 286 g/mol. The van der Waals surface area contributed by atoms with Crippen molar-refractivity contribution in [2.75, 3.05) is 0 Å². The van der Waals surface area contributed by atoms with Crippen molar-refractivity contribution >= 4 is 27.0 Å². The molecular weight excluding hydrogens is 278 g/mol. The van der Waals surface area contributed by atoms with Crippen molar-refractivity contribution in [2.45, 2.75) is 9.76 Å². The van der Waals surface area contributed by atoms with E-state index in [2.05, 4.69) is 9.97 Å². The van der Waals surface area contributed by atoms with E-state index < -0.39 is 19.9 Å². The van der Waals surface area contributed by atoms with E-state index in [1.165, 1.54) is 12.3 Å². The Kier molecular flexibility index (Phi) is 4.25. The molecule has 0 saturated heterocycles. The van der Waals surface area contributed by atoms with Gasteiger partial charge in [-0.15, -0.1) is 0 Å². The number of hydrogen-bond donors (Lipinski definition) is 4. The van der Waals surface area contributed by atoms with Gasteiger partial charge < -0.3 is 19.6 Å². The van der Waals surface area contributed by atoms with Crippen LogP contribution >= 0.6 is 27.0 Å². The van der Waals surface area contributed by atoms with E-state index in [1.807, 2.05) is 0 Å². The highest BCUT2D eigenvalue weighted by atomic mass is 32.2. The molecule has 0 fully saturated rings. The third-order valence-corrected chi connectivity index (χ3v) is 7.29. The molecule has 0 spiro atoms. The van der Waals surface area contributed by atoms with Gasteiger partial charge in [0.25, 0.3) is 0 Å². The van der Waals surface area contributed by atoms with Crippen LogP contribution in [0.1, 0.15) is 0 Å². The summed E-state index contributed by atoms with van der Waals surface area (Å²) in [5, 5.41) is 0.0756. The van der Waals surface area contributed by atoms with Crippen LogP contribution in [0.5, 0.6) is 0 Å². The average molecular weight is 286 g/mol. The maximum atomic E-state index is 10.9. The van der Waals surface area contributed by atoms with Crippen molar-refractivity contribution in [3.05, 3.63) is 18.6 Å². The van der Waals surface area contributed by atoms with Gasteiger partial charge in [-0.25, -0.2) is 9.97 Å². The zero-order valence-electron chi connectivity index (χ0n) is 7.61. The van der Waals surface area contributed by atoms with Crippen LogP contribution in [0.15, 0.2) is 23.6 Å². The zero-order valence-corrected chi connectivity index (χ0v) is 10.2. The second kappa shape index (κ2) is 4.93. The molecule has 0 amide bonds. The Bertz CT molecular complexity index is 421. The van der Waals surface area contributed by atoms with E-state index >= 15 is 0 Å². The molecule has 0 unspecified atom stereocenters. The molecule has 4 N–H and O–H groups in total. The first kappa shape index (κ1) is 13.8. The summed E-state index contributed by atoms with van der Waals surface area (Å²) in [5.41, 5.74) is 0. The fourth-order valence-corrected chi connectivity index (χ4v) is 4.57. The topological polar surface area (TPSA) is 141 Å². The van der Waals surface area contributed by atoms with Crippen LogP contribution in [0.3, 0.4) is 0 Å². The smallest absolute Gasteiger partial charge is 0.323 e. The highest BCUT2D eigenvalue weighted by Crippen LogP contribution is 2.65. The molecule has 0 aliphatic carbocycles. The maximum absolute atomic E-state index is 10.9. The van der Waals surface area contributed by atoms with E-state index in [1.54, 1.807) is 0 Å². The van der Waals surface area contributed by atoms with Gasteiger partial charge in [0.1, 0.15) is 11.4 Å². The molecule has 0 radical (unpaired) electrons. The van der Waals surface area contributed by atoms with Gasteiger partial charge in [0.2, 0.25) is 4.73 Å². The van der Waals surface area contributed by atoms with Crippen molar-refractivity contribution in [2.24, 2.45) is 0 Å². The molecule has 11 heteroatoms. The molecule has 0 atom stereocenters. The molecule has 90 valence electrons. The summed E-state index contributed by atoms with van der Waals surface area (Å²) in [5.74, 6) is 0. The molecule has 16 heavy (non-hydrogen) atoms. The molecule has 0 aliphatic heterocycles. The predicted molar refractivity (Wildman–Crippen MR) is 55.8 cm³/mol. The lowest BCUT2D eigenvalue weighted by molar-refractivity contribution is 0.352. The van der Waals surface area contributed by atoms with Crippen molar-refractivity contribution in [3.63, 3.8) is 0 Å². The van der Waals surface area contributed by atoms with E-state index in [0.29, 0.717) is 11.8 Å². The van der Waals surface area contributed by atoms with Crippen LogP contribution in [0, 0.1) is 0 Å². The van der Waals surface area contributed by atoms with Crippen LogP contribution in [0.25, 0.3) is 0 Å². The van der Waals surface area contributed by atoms with Gasteiger partial charge in [-0.05, 0) is 6.07 Å². The molecule has 1 aromatic heterocycles. The standard InChI is InChI=1S/C5H8N2O6P2S/c8-14(9,10)5(15(11,12)13)16-4-1-2-6-3-7-4/h1-3,5H,(H2,8,9,10)(H2,11,12,13). The van der Waals surface area contributed by atoms with Gasteiger partial charge in [0.05, 0.1) is 0 Å². The summed E-state index contributed by atoms with van der Waals surface area (Å²) in [6, 6.07) is 1.29. The molecule has 1 rings (SSSR count). The van der Waals surface area contributed by atoms with E-state index in [4.69, 9.17) is 19.6 Å². The SMILES string of the molecule is O=P(O)(O)C(Sc1ccncn1)P(=O)(O)O. The Morgan fingerprint density at radius 2 is 1.75 bits per heavy atom. The van der Waals surface area contributed by atoms with Gasteiger partial charge in [-0.1, -0.05) is 11.8 Å². The van der Waals surface area contributed by atoms with Crippen LogP contribution in [-0.4, -0.2) is 34.3 Å². The molecule has 1 aromatic rings. The van der Waals surface area contributed by atoms with Crippen molar-refractivity contribution < 1.29 is 28.7 Å². The summed E-state index contributed by atoms with van der Waals surface area (Å²) < 4.78 is 19.7. The van der Waals surface area contributed by atoms with Gasteiger partial charge in [0.15, 0.2) is 0 Å². The van der Waals surface area contributed by atoms with Crippen LogP contribution < -0.4 is 0 Å². The number of rotatable bonds is 4. The van der Waals surface area contributed by atoms with Crippen molar-refractivity contribution in [1.82, 2.24) is 9.97 Å². The van der Waals surface area contributed by atoms with E-state index in [0.717, 1.165) is 6.33 Å². The quantitative estimate of drug-likeness (QED) is 0.347. The number of nitrogens with zero attached hydrogens (tertiary/aromatic N) is 2. The normalized spacial score (nSPS) is 13.1. The lowest BCUT2D eigenvalue weighted by atomic mass is 10.7. The molecule has 0 aromatic carbocycles. The summed E-state index contributed by atoms with van der Waals surface area (Å²) in [7, 11) is -9.85. The minimum atomic E-state index is -4.92. The third-order valence-electron chi connectivity index (χ3n) is 1.36. The first-order chi connectivity index (χ1) is 7.21. The maximum Gasteiger partial charge on any atom is 0.351 e. The summed E-state index contributed by atoms with van der Waals surface area (Å²) in [6.07, 6.45) is 2.41. The minimum Gasteiger partial charge on any atom is -0.323 e.